The summed E-state index contributed by atoms with van der Waals surface area (Å²) < 4.78 is 5.52. The van der Waals surface area contributed by atoms with Gasteiger partial charge in [0, 0.05) is 36.7 Å². The lowest BCUT2D eigenvalue weighted by molar-refractivity contribution is 0.122. The van der Waals surface area contributed by atoms with Crippen LogP contribution in [0.3, 0.4) is 0 Å². The molecule has 0 spiro atoms. The van der Waals surface area contributed by atoms with E-state index in [0.717, 1.165) is 52.4 Å². The molecule has 1 unspecified atom stereocenters. The number of fused-ring (bicyclic) bond motifs is 2. The van der Waals surface area contributed by atoms with Crippen molar-refractivity contribution in [3.8, 4) is 11.4 Å². The molecule has 9 heteroatoms. The van der Waals surface area contributed by atoms with E-state index < -0.39 is 0 Å². The van der Waals surface area contributed by atoms with Crippen LogP contribution in [0.4, 0.5) is 5.82 Å². The Morgan fingerprint density at radius 1 is 1.32 bits per heavy atom. The smallest absolute Gasteiger partial charge is 0.162 e. The summed E-state index contributed by atoms with van der Waals surface area (Å²) in [4.78, 5) is 17.7. The van der Waals surface area contributed by atoms with E-state index in [4.69, 9.17) is 19.8 Å². The van der Waals surface area contributed by atoms with Crippen LogP contribution in [-0.4, -0.2) is 69.8 Å². The Morgan fingerprint density at radius 2 is 2.21 bits per heavy atom. The first kappa shape index (κ1) is 17.6. The fraction of sp³-hybridized carbons (Fsp3) is 0.368. The quantitative estimate of drug-likeness (QED) is 0.650. The molecule has 3 aromatic rings. The van der Waals surface area contributed by atoms with E-state index in [-0.39, 0.29) is 12.0 Å². The molecule has 1 aromatic carbocycles. The minimum Gasteiger partial charge on any atom is -0.391 e. The molecule has 2 aromatic heterocycles. The molecule has 1 saturated heterocycles. The maximum absolute atomic E-state index is 9.06. The zero-order chi connectivity index (χ0) is 18.9. The molecule has 0 amide bonds. The maximum atomic E-state index is 9.06. The first-order chi connectivity index (χ1) is 13.8. The number of aromatic amines is 1. The molecule has 0 bridgehead atoms. The van der Waals surface area contributed by atoms with Gasteiger partial charge in [-0.1, -0.05) is 23.9 Å². The number of hydrogen-bond donors (Lipinski definition) is 2. The van der Waals surface area contributed by atoms with Crippen LogP contribution in [0.15, 0.2) is 34.3 Å². The molecule has 2 aliphatic rings. The third-order valence-electron chi connectivity index (χ3n) is 4.93. The van der Waals surface area contributed by atoms with E-state index in [2.05, 4.69) is 20.1 Å². The average molecular weight is 396 g/mol. The summed E-state index contributed by atoms with van der Waals surface area (Å²) in [7, 11) is 0. The summed E-state index contributed by atoms with van der Waals surface area (Å²) >= 11 is 1.67. The standard InChI is InChI=1S/C19H20N6O2S/c26-7-4-20-16-10-15-17(28-16)19(25-5-8-27-9-6-25)23-18(22-15)12-2-1-3-14-13(12)11-21-24-14/h1-4,11,16,26H,5-10H2,(H,21,24). The lowest BCUT2D eigenvalue weighted by atomic mass is 10.1. The highest BCUT2D eigenvalue weighted by Gasteiger charge is 2.30. The van der Waals surface area contributed by atoms with E-state index in [1.165, 1.54) is 0 Å². The number of nitrogens with zero attached hydrogens (tertiary/aromatic N) is 5. The first-order valence-electron chi connectivity index (χ1n) is 9.28. The molecule has 2 aliphatic heterocycles. The molecule has 8 nitrogen and oxygen atoms in total. The van der Waals surface area contributed by atoms with Crippen molar-refractivity contribution in [2.75, 3.05) is 37.8 Å². The molecular formula is C19H20N6O2S. The van der Waals surface area contributed by atoms with Crippen molar-refractivity contribution < 1.29 is 9.84 Å². The number of benzene rings is 1. The van der Waals surface area contributed by atoms with Crippen molar-refractivity contribution in [3.05, 3.63) is 30.1 Å². The predicted octanol–water partition coefficient (Wildman–Crippen LogP) is 1.89. The lowest BCUT2D eigenvalue weighted by Gasteiger charge is -2.29. The largest absolute Gasteiger partial charge is 0.391 e. The second-order valence-electron chi connectivity index (χ2n) is 6.67. The van der Waals surface area contributed by atoms with Gasteiger partial charge in [-0.05, 0) is 6.07 Å². The van der Waals surface area contributed by atoms with Crippen LogP contribution < -0.4 is 4.90 Å². The fourth-order valence-electron chi connectivity index (χ4n) is 3.61. The molecule has 0 saturated carbocycles. The number of ether oxygens (including phenoxy) is 1. The number of H-pyrrole nitrogens is 1. The highest BCUT2D eigenvalue weighted by atomic mass is 32.2. The number of rotatable bonds is 4. The summed E-state index contributed by atoms with van der Waals surface area (Å²) in [6.07, 6.45) is 4.10. The van der Waals surface area contributed by atoms with Crippen LogP contribution in [0.5, 0.6) is 0 Å². The summed E-state index contributed by atoms with van der Waals surface area (Å²) in [5.41, 5.74) is 2.95. The number of morpholine rings is 1. The normalized spacial score (nSPS) is 19.6. The van der Waals surface area contributed by atoms with Crippen molar-refractivity contribution in [2.45, 2.75) is 16.7 Å². The topological polar surface area (TPSA) is 99.5 Å². The number of anilines is 1. The highest BCUT2D eigenvalue weighted by molar-refractivity contribution is 8.00. The van der Waals surface area contributed by atoms with Gasteiger partial charge in [0.2, 0.25) is 0 Å². The highest BCUT2D eigenvalue weighted by Crippen LogP contribution is 2.43. The van der Waals surface area contributed by atoms with Crippen LogP contribution in [-0.2, 0) is 11.2 Å². The van der Waals surface area contributed by atoms with Gasteiger partial charge in [-0.15, -0.1) is 0 Å². The molecule has 5 rings (SSSR count). The fourth-order valence-corrected chi connectivity index (χ4v) is 4.81. The van der Waals surface area contributed by atoms with Crippen molar-refractivity contribution in [3.63, 3.8) is 0 Å². The predicted molar refractivity (Wildman–Crippen MR) is 109 cm³/mol. The average Bonchev–Trinajstić information content (AvgIpc) is 3.38. The summed E-state index contributed by atoms with van der Waals surface area (Å²) in [6.45, 7) is 2.96. The van der Waals surface area contributed by atoms with Gasteiger partial charge in [0.1, 0.15) is 11.2 Å². The van der Waals surface area contributed by atoms with Gasteiger partial charge in [0.15, 0.2) is 5.82 Å². The molecule has 0 radical (unpaired) electrons. The van der Waals surface area contributed by atoms with Crippen molar-refractivity contribution in [1.29, 1.82) is 0 Å². The van der Waals surface area contributed by atoms with Crippen molar-refractivity contribution in [1.82, 2.24) is 20.2 Å². The molecule has 4 heterocycles. The Hall–Kier alpha value is -2.49. The van der Waals surface area contributed by atoms with E-state index in [0.29, 0.717) is 19.0 Å². The first-order valence-corrected chi connectivity index (χ1v) is 10.2. The number of aromatic nitrogens is 4. The lowest BCUT2D eigenvalue weighted by Crippen LogP contribution is -2.37. The van der Waals surface area contributed by atoms with E-state index in [1.807, 2.05) is 24.4 Å². The molecule has 28 heavy (non-hydrogen) atoms. The van der Waals surface area contributed by atoms with Gasteiger partial charge in [0.05, 0.1) is 42.1 Å². The van der Waals surface area contributed by atoms with E-state index in [9.17, 15) is 0 Å². The van der Waals surface area contributed by atoms with Gasteiger partial charge >= 0.3 is 0 Å². The van der Waals surface area contributed by atoms with Crippen molar-refractivity contribution in [2.24, 2.45) is 4.99 Å². The molecule has 0 aliphatic carbocycles. The van der Waals surface area contributed by atoms with E-state index >= 15 is 0 Å². The van der Waals surface area contributed by atoms with Gasteiger partial charge in [-0.25, -0.2) is 9.97 Å². The van der Waals surface area contributed by atoms with Crippen LogP contribution in [0.1, 0.15) is 5.69 Å². The van der Waals surface area contributed by atoms with Crippen LogP contribution in [0.2, 0.25) is 0 Å². The van der Waals surface area contributed by atoms with Gasteiger partial charge in [-0.3, -0.25) is 10.1 Å². The number of aliphatic hydroxyl groups is 1. The SMILES string of the molecule is OCC=NC1Cc2nc(-c3cccc4[nH]ncc34)nc(N3CCOCC3)c2S1. The monoisotopic (exact) mass is 396 g/mol. The van der Waals surface area contributed by atoms with Gasteiger partial charge < -0.3 is 14.7 Å². The Morgan fingerprint density at radius 3 is 3.07 bits per heavy atom. The summed E-state index contributed by atoms with van der Waals surface area (Å²) in [5, 5.41) is 17.3. The number of nitrogens with one attached hydrogen (secondary N) is 1. The third-order valence-corrected chi connectivity index (χ3v) is 6.14. The molecule has 144 valence electrons. The molecular weight excluding hydrogens is 376 g/mol. The Labute approximate surface area is 166 Å². The second-order valence-corrected chi connectivity index (χ2v) is 7.86. The van der Waals surface area contributed by atoms with Crippen LogP contribution in [0, 0.1) is 0 Å². The zero-order valence-corrected chi connectivity index (χ0v) is 16.0. The number of hydrogen-bond acceptors (Lipinski definition) is 8. The van der Waals surface area contributed by atoms with Gasteiger partial charge in [-0.2, -0.15) is 5.10 Å². The number of thioether (sulfide) groups is 1. The maximum Gasteiger partial charge on any atom is 0.162 e. The number of aliphatic hydroxyl groups excluding tert-OH is 1. The van der Waals surface area contributed by atoms with Gasteiger partial charge in [0.25, 0.3) is 0 Å². The number of aliphatic imine (C=N–C) groups is 1. The van der Waals surface area contributed by atoms with Crippen LogP contribution in [0.25, 0.3) is 22.3 Å². The zero-order valence-electron chi connectivity index (χ0n) is 15.2. The van der Waals surface area contributed by atoms with Crippen molar-refractivity contribution >= 4 is 34.7 Å². The van der Waals surface area contributed by atoms with E-state index in [1.54, 1.807) is 18.0 Å². The molecule has 1 fully saturated rings. The summed E-state index contributed by atoms with van der Waals surface area (Å²) in [6, 6.07) is 6.02. The Balaban J connectivity index is 1.62. The minimum absolute atomic E-state index is 0.0243. The Kier molecular flexibility index (Phi) is 4.71. The Bertz CT molecular complexity index is 1030. The minimum atomic E-state index is -0.0524. The summed E-state index contributed by atoms with van der Waals surface area (Å²) in [5.74, 6) is 1.66. The second kappa shape index (κ2) is 7.50. The third kappa shape index (κ3) is 3.15. The molecule has 2 N–H and O–H groups in total. The van der Waals surface area contributed by atoms with Crippen LogP contribution >= 0.6 is 11.8 Å². The molecule has 1 atom stereocenters.